The number of hydrogen-bond acceptors (Lipinski definition) is 5. The number of carbonyl (C=O) groups excluding carboxylic acids is 3. The predicted octanol–water partition coefficient (Wildman–Crippen LogP) is 0.176. The summed E-state index contributed by atoms with van der Waals surface area (Å²) >= 11 is 0. The third kappa shape index (κ3) is 8.69. The highest BCUT2D eigenvalue weighted by Crippen LogP contribution is 1.96. The van der Waals surface area contributed by atoms with Crippen molar-refractivity contribution in [3.05, 3.63) is 0 Å². The first kappa shape index (κ1) is 16.6. The molecule has 0 bridgehead atoms. The van der Waals surface area contributed by atoms with Crippen molar-refractivity contribution in [1.82, 2.24) is 5.32 Å². The van der Waals surface area contributed by atoms with E-state index in [9.17, 15) is 14.4 Å². The number of aliphatic hydroxyl groups is 1. The van der Waals surface area contributed by atoms with Gasteiger partial charge in [-0.3, -0.25) is 4.79 Å². The molecule has 1 unspecified atom stereocenters. The minimum absolute atomic E-state index is 0.0522. The maximum Gasteiger partial charge on any atom is 0.328 e. The van der Waals surface area contributed by atoms with Crippen molar-refractivity contribution in [3.8, 4) is 0 Å². The lowest BCUT2D eigenvalue weighted by Crippen LogP contribution is -2.39. The second kappa shape index (κ2) is 9.58. The van der Waals surface area contributed by atoms with Gasteiger partial charge in [0.1, 0.15) is 11.8 Å². The number of Topliss-reactive ketones (excluding diaryl/α,β-unsaturated/α-hetero) is 1. The Morgan fingerprint density at radius 2 is 1.89 bits per heavy atom. The minimum atomic E-state index is -0.714. The second-order valence-corrected chi connectivity index (χ2v) is 4.09. The number of esters is 1. The van der Waals surface area contributed by atoms with Crippen LogP contribution in [0.2, 0.25) is 0 Å². The molecule has 6 nitrogen and oxygen atoms in total. The Labute approximate surface area is 107 Å². The van der Waals surface area contributed by atoms with Crippen LogP contribution < -0.4 is 5.32 Å². The molecule has 0 aliphatic carbocycles. The van der Waals surface area contributed by atoms with E-state index < -0.39 is 12.0 Å². The van der Waals surface area contributed by atoms with Gasteiger partial charge in [-0.05, 0) is 26.7 Å². The predicted molar refractivity (Wildman–Crippen MR) is 64.8 cm³/mol. The number of carbonyl (C=O) groups is 3. The highest BCUT2D eigenvalue weighted by molar-refractivity contribution is 5.84. The molecule has 1 amide bonds. The number of rotatable bonds is 9. The topological polar surface area (TPSA) is 92.7 Å². The number of nitrogens with one attached hydrogen (secondary N) is 1. The average molecular weight is 259 g/mol. The third-order valence-corrected chi connectivity index (χ3v) is 2.21. The molecule has 0 aliphatic rings. The van der Waals surface area contributed by atoms with E-state index >= 15 is 0 Å². The van der Waals surface area contributed by atoms with Gasteiger partial charge >= 0.3 is 5.97 Å². The van der Waals surface area contributed by atoms with E-state index in [4.69, 9.17) is 9.84 Å². The average Bonchev–Trinajstić information content (AvgIpc) is 2.31. The van der Waals surface area contributed by atoms with Gasteiger partial charge in [0, 0.05) is 19.4 Å². The fraction of sp³-hybridized carbons (Fsp3) is 0.750. The molecule has 18 heavy (non-hydrogen) atoms. The second-order valence-electron chi connectivity index (χ2n) is 4.09. The zero-order valence-electron chi connectivity index (χ0n) is 10.9. The van der Waals surface area contributed by atoms with Crippen molar-refractivity contribution in [2.24, 2.45) is 0 Å². The van der Waals surface area contributed by atoms with Crippen LogP contribution in [0.4, 0.5) is 0 Å². The van der Waals surface area contributed by atoms with E-state index in [0.29, 0.717) is 19.3 Å². The van der Waals surface area contributed by atoms with Crippen LogP contribution in [-0.2, 0) is 19.1 Å². The van der Waals surface area contributed by atoms with E-state index in [-0.39, 0.29) is 31.3 Å². The molecular weight excluding hydrogens is 238 g/mol. The summed E-state index contributed by atoms with van der Waals surface area (Å²) in [4.78, 5) is 33.3. The molecule has 0 spiro atoms. The Bertz CT molecular complexity index is 290. The monoisotopic (exact) mass is 259 g/mol. The summed E-state index contributed by atoms with van der Waals surface area (Å²) in [6, 6.07) is -0.714. The molecule has 0 aliphatic heterocycles. The summed E-state index contributed by atoms with van der Waals surface area (Å²) < 4.78 is 4.90. The molecule has 0 aromatic rings. The lowest BCUT2D eigenvalue weighted by atomic mass is 10.2. The first-order valence-corrected chi connectivity index (χ1v) is 6.03. The molecule has 1 atom stereocenters. The molecule has 0 rings (SSSR count). The lowest BCUT2D eigenvalue weighted by Gasteiger charge is -2.13. The zero-order valence-corrected chi connectivity index (χ0v) is 10.9. The molecule has 0 radical (unpaired) electrons. The first-order chi connectivity index (χ1) is 8.47. The van der Waals surface area contributed by atoms with Gasteiger partial charge in [-0.25, -0.2) is 4.79 Å². The van der Waals surface area contributed by atoms with E-state index in [1.54, 1.807) is 0 Å². The summed E-state index contributed by atoms with van der Waals surface area (Å²) in [7, 11) is 0. The maximum absolute atomic E-state index is 11.4. The Morgan fingerprint density at radius 1 is 1.22 bits per heavy atom. The number of ketones is 1. The molecule has 0 saturated heterocycles. The number of amides is 1. The SMILES string of the molecule is CC(=O)CCCOC(=O)C(C)NC(=O)CCCO. The summed E-state index contributed by atoms with van der Waals surface area (Å²) in [5.74, 6) is -0.760. The molecule has 6 heteroatoms. The Kier molecular flexibility index (Phi) is 8.82. The van der Waals surface area contributed by atoms with Crippen molar-refractivity contribution in [1.29, 1.82) is 0 Å². The minimum Gasteiger partial charge on any atom is -0.464 e. The molecule has 0 aromatic carbocycles. The fourth-order valence-electron chi connectivity index (χ4n) is 1.23. The van der Waals surface area contributed by atoms with Crippen LogP contribution >= 0.6 is 0 Å². The van der Waals surface area contributed by atoms with Gasteiger partial charge < -0.3 is 20.0 Å². The van der Waals surface area contributed by atoms with Crippen LogP contribution in [0.1, 0.15) is 39.5 Å². The van der Waals surface area contributed by atoms with Gasteiger partial charge in [-0.2, -0.15) is 0 Å². The van der Waals surface area contributed by atoms with Crippen molar-refractivity contribution in [2.45, 2.75) is 45.6 Å². The van der Waals surface area contributed by atoms with Gasteiger partial charge in [0.15, 0.2) is 0 Å². The number of aliphatic hydroxyl groups excluding tert-OH is 1. The van der Waals surface area contributed by atoms with E-state index in [1.807, 2.05) is 0 Å². The molecule has 0 heterocycles. The van der Waals surface area contributed by atoms with Gasteiger partial charge in [-0.1, -0.05) is 0 Å². The Hall–Kier alpha value is -1.43. The van der Waals surface area contributed by atoms with Crippen LogP contribution in [-0.4, -0.2) is 42.0 Å². The smallest absolute Gasteiger partial charge is 0.328 e. The van der Waals surface area contributed by atoms with Crippen LogP contribution in [0.5, 0.6) is 0 Å². The van der Waals surface area contributed by atoms with E-state index in [2.05, 4.69) is 5.32 Å². The van der Waals surface area contributed by atoms with Crippen LogP contribution in [0, 0.1) is 0 Å². The lowest BCUT2D eigenvalue weighted by molar-refractivity contribution is -0.147. The molecule has 0 saturated carbocycles. The van der Waals surface area contributed by atoms with Crippen LogP contribution in [0.15, 0.2) is 0 Å². The van der Waals surface area contributed by atoms with E-state index in [0.717, 1.165) is 0 Å². The van der Waals surface area contributed by atoms with Crippen molar-refractivity contribution < 1.29 is 24.2 Å². The van der Waals surface area contributed by atoms with Crippen LogP contribution in [0.25, 0.3) is 0 Å². The highest BCUT2D eigenvalue weighted by atomic mass is 16.5. The van der Waals surface area contributed by atoms with Crippen LogP contribution in [0.3, 0.4) is 0 Å². The van der Waals surface area contributed by atoms with Crippen molar-refractivity contribution in [2.75, 3.05) is 13.2 Å². The highest BCUT2D eigenvalue weighted by Gasteiger charge is 2.16. The van der Waals surface area contributed by atoms with E-state index in [1.165, 1.54) is 13.8 Å². The van der Waals surface area contributed by atoms with Crippen molar-refractivity contribution in [3.63, 3.8) is 0 Å². The standard InChI is InChI=1S/C12H21NO5/c1-9(15)5-4-8-18-12(17)10(2)13-11(16)6-3-7-14/h10,14H,3-8H2,1-2H3,(H,13,16). The quantitative estimate of drug-likeness (QED) is 0.455. The largest absolute Gasteiger partial charge is 0.464 e. The normalized spacial score (nSPS) is 11.7. The molecule has 0 aromatic heterocycles. The van der Waals surface area contributed by atoms with Crippen molar-refractivity contribution >= 4 is 17.7 Å². The van der Waals surface area contributed by atoms with Gasteiger partial charge in [-0.15, -0.1) is 0 Å². The number of hydrogen-bond donors (Lipinski definition) is 2. The zero-order chi connectivity index (χ0) is 14.0. The molecular formula is C12H21NO5. The van der Waals surface area contributed by atoms with Gasteiger partial charge in [0.05, 0.1) is 6.61 Å². The van der Waals surface area contributed by atoms with Gasteiger partial charge in [0.25, 0.3) is 0 Å². The third-order valence-electron chi connectivity index (χ3n) is 2.21. The maximum atomic E-state index is 11.4. The molecule has 0 fully saturated rings. The summed E-state index contributed by atoms with van der Waals surface area (Å²) in [5.41, 5.74) is 0. The van der Waals surface area contributed by atoms with Gasteiger partial charge in [0.2, 0.25) is 5.91 Å². The summed E-state index contributed by atoms with van der Waals surface area (Å²) in [6.07, 6.45) is 1.42. The molecule has 104 valence electrons. The Balaban J connectivity index is 3.75. The summed E-state index contributed by atoms with van der Waals surface area (Å²) in [5, 5.41) is 11.0. The number of ether oxygens (including phenoxy) is 1. The Morgan fingerprint density at radius 3 is 2.44 bits per heavy atom. The summed E-state index contributed by atoms with van der Waals surface area (Å²) in [6.45, 7) is 3.13. The fourth-order valence-corrected chi connectivity index (χ4v) is 1.23. The first-order valence-electron chi connectivity index (χ1n) is 6.03. The molecule has 2 N–H and O–H groups in total.